The minimum Gasteiger partial charge on any atom is -0.480 e. The Bertz CT molecular complexity index is 1160. The van der Waals surface area contributed by atoms with Crippen LogP contribution in [0.5, 0.6) is 0 Å². The summed E-state index contributed by atoms with van der Waals surface area (Å²) in [7, 11) is 0. The van der Waals surface area contributed by atoms with E-state index in [1.807, 2.05) is 48.5 Å². The molecule has 2 amide bonds. The van der Waals surface area contributed by atoms with E-state index < -0.39 is 29.6 Å². The Morgan fingerprint density at radius 3 is 2.26 bits per heavy atom. The van der Waals surface area contributed by atoms with Gasteiger partial charge >= 0.3 is 12.1 Å². The molecule has 1 aliphatic rings. The van der Waals surface area contributed by atoms with Crippen LogP contribution in [0.4, 0.5) is 4.79 Å². The Balaban J connectivity index is 1.46. The monoisotopic (exact) mass is 462 g/mol. The largest absolute Gasteiger partial charge is 0.480 e. The molecular weight excluding hydrogens is 436 g/mol. The average Bonchev–Trinajstić information content (AvgIpc) is 3.43. The summed E-state index contributed by atoms with van der Waals surface area (Å²) in [5.41, 5.74) is 3.47. The maximum Gasteiger partial charge on any atom is 0.407 e. The number of rotatable bonds is 8. The maximum absolute atomic E-state index is 12.8. The highest BCUT2D eigenvalue weighted by molar-refractivity contribution is 5.91. The summed E-state index contributed by atoms with van der Waals surface area (Å²) in [5, 5.41) is 14.4. The van der Waals surface area contributed by atoms with E-state index in [-0.39, 0.29) is 18.9 Å². The van der Waals surface area contributed by atoms with E-state index in [0.717, 1.165) is 22.3 Å². The minimum absolute atomic E-state index is 0.0890. The Labute approximate surface area is 196 Å². The number of carboxylic acids is 1. The second kappa shape index (κ2) is 9.38. The number of ether oxygens (including phenoxy) is 1. The van der Waals surface area contributed by atoms with Crippen LogP contribution in [0.25, 0.3) is 11.1 Å². The first-order chi connectivity index (χ1) is 16.3. The Morgan fingerprint density at radius 1 is 1.09 bits per heavy atom. The van der Waals surface area contributed by atoms with Crippen LogP contribution >= 0.6 is 0 Å². The number of alkyl carbamates (subject to hydrolysis) is 1. The molecule has 9 nitrogen and oxygen atoms in total. The number of hydrogen-bond donors (Lipinski definition) is 4. The number of nitrogens with zero attached hydrogens (tertiary/aromatic N) is 1. The number of amides is 2. The average molecular weight is 463 g/mol. The summed E-state index contributed by atoms with van der Waals surface area (Å²) in [4.78, 5) is 43.8. The third kappa shape index (κ3) is 4.78. The van der Waals surface area contributed by atoms with Crippen LogP contribution in [0, 0.1) is 0 Å². The zero-order valence-electron chi connectivity index (χ0n) is 18.9. The van der Waals surface area contributed by atoms with Gasteiger partial charge in [0.2, 0.25) is 5.91 Å². The van der Waals surface area contributed by atoms with Crippen molar-refractivity contribution in [2.75, 3.05) is 6.61 Å². The lowest BCUT2D eigenvalue weighted by atomic mass is 9.98. The van der Waals surface area contributed by atoms with Crippen LogP contribution in [-0.2, 0) is 20.7 Å². The van der Waals surface area contributed by atoms with E-state index in [1.165, 1.54) is 26.4 Å². The van der Waals surface area contributed by atoms with Gasteiger partial charge in [0.25, 0.3) is 0 Å². The van der Waals surface area contributed by atoms with Gasteiger partial charge in [0.05, 0.1) is 6.33 Å². The summed E-state index contributed by atoms with van der Waals surface area (Å²) in [6.07, 6.45) is 2.31. The molecule has 0 saturated heterocycles. The van der Waals surface area contributed by atoms with E-state index in [9.17, 15) is 19.5 Å². The molecule has 4 N–H and O–H groups in total. The lowest BCUT2D eigenvalue weighted by Gasteiger charge is -2.25. The summed E-state index contributed by atoms with van der Waals surface area (Å²) in [6.45, 7) is 2.83. The molecule has 0 unspecified atom stereocenters. The molecule has 34 heavy (non-hydrogen) atoms. The van der Waals surface area contributed by atoms with Crippen LogP contribution in [0.2, 0.25) is 0 Å². The topological polar surface area (TPSA) is 133 Å². The second-order valence-corrected chi connectivity index (χ2v) is 8.72. The van der Waals surface area contributed by atoms with E-state index in [1.54, 1.807) is 0 Å². The third-order valence-corrected chi connectivity index (χ3v) is 5.90. The molecule has 0 radical (unpaired) electrons. The molecule has 0 saturated carbocycles. The number of carbonyl (C=O) groups excluding carboxylic acids is 2. The first-order valence-electron chi connectivity index (χ1n) is 10.9. The fourth-order valence-electron chi connectivity index (χ4n) is 4.06. The second-order valence-electron chi connectivity index (χ2n) is 8.72. The fraction of sp³-hybridized carbons (Fsp3) is 0.280. The summed E-state index contributed by atoms with van der Waals surface area (Å²) in [5.74, 6) is -1.96. The van der Waals surface area contributed by atoms with Gasteiger partial charge in [0, 0.05) is 24.2 Å². The van der Waals surface area contributed by atoms with Crippen LogP contribution in [0.15, 0.2) is 61.1 Å². The van der Waals surface area contributed by atoms with Crippen molar-refractivity contribution in [3.63, 3.8) is 0 Å². The van der Waals surface area contributed by atoms with Crippen molar-refractivity contribution in [3.8, 4) is 11.1 Å². The van der Waals surface area contributed by atoms with E-state index in [2.05, 4.69) is 20.6 Å². The molecule has 9 heteroatoms. The number of carbonyl (C=O) groups is 3. The molecule has 2 aromatic carbocycles. The van der Waals surface area contributed by atoms with E-state index >= 15 is 0 Å². The fourth-order valence-corrected chi connectivity index (χ4v) is 4.06. The molecule has 4 rings (SSSR count). The van der Waals surface area contributed by atoms with Crippen molar-refractivity contribution in [1.29, 1.82) is 0 Å². The SMILES string of the molecule is CC(C)(NC(=O)[C@@H](Cc1cnc[nH]1)NC(=O)OCC1c2ccccc2-c2ccccc21)C(=O)O. The van der Waals surface area contributed by atoms with Crippen LogP contribution in [-0.4, -0.2) is 51.2 Å². The normalized spacial score (nSPS) is 13.5. The number of H-pyrrole nitrogens is 1. The quantitative estimate of drug-likeness (QED) is 0.407. The molecule has 1 aromatic heterocycles. The zero-order chi connectivity index (χ0) is 24.3. The van der Waals surface area contributed by atoms with Gasteiger partial charge in [0.15, 0.2) is 0 Å². The highest BCUT2D eigenvalue weighted by Gasteiger charge is 2.34. The molecule has 1 atom stereocenters. The van der Waals surface area contributed by atoms with Crippen molar-refractivity contribution in [2.45, 2.75) is 37.8 Å². The number of carboxylic acid groups (broad SMARTS) is 1. The van der Waals surface area contributed by atoms with Gasteiger partial charge in [0.1, 0.15) is 18.2 Å². The van der Waals surface area contributed by atoms with Crippen LogP contribution < -0.4 is 10.6 Å². The van der Waals surface area contributed by atoms with Crippen molar-refractivity contribution in [1.82, 2.24) is 20.6 Å². The highest BCUT2D eigenvalue weighted by Crippen LogP contribution is 2.44. The lowest BCUT2D eigenvalue weighted by Crippen LogP contribution is -2.57. The Kier molecular flexibility index (Phi) is 6.36. The zero-order valence-corrected chi connectivity index (χ0v) is 18.9. The predicted octanol–water partition coefficient (Wildman–Crippen LogP) is 2.84. The molecule has 0 aliphatic heterocycles. The van der Waals surface area contributed by atoms with Crippen molar-refractivity contribution in [3.05, 3.63) is 77.9 Å². The minimum atomic E-state index is -1.51. The van der Waals surface area contributed by atoms with Gasteiger partial charge in [-0.1, -0.05) is 48.5 Å². The number of aromatic nitrogens is 2. The van der Waals surface area contributed by atoms with Gasteiger partial charge in [-0.05, 0) is 36.1 Å². The molecule has 0 fully saturated rings. The summed E-state index contributed by atoms with van der Waals surface area (Å²) in [6, 6.07) is 14.9. The standard InChI is InChI=1S/C25H26N4O5/c1-25(2,23(31)32)29-22(30)21(11-15-12-26-14-27-15)28-24(33)34-13-20-18-9-5-3-7-16(18)17-8-4-6-10-19(17)20/h3-10,12,14,20-21H,11,13H2,1-2H3,(H,26,27)(H,28,33)(H,29,30)(H,31,32)/t21-/m1/s1. The lowest BCUT2D eigenvalue weighted by molar-refractivity contribution is -0.146. The highest BCUT2D eigenvalue weighted by atomic mass is 16.5. The summed E-state index contributed by atoms with van der Waals surface area (Å²) >= 11 is 0. The molecule has 1 heterocycles. The Morgan fingerprint density at radius 2 is 1.71 bits per heavy atom. The third-order valence-electron chi connectivity index (χ3n) is 5.90. The molecule has 3 aromatic rings. The van der Waals surface area contributed by atoms with Gasteiger partial charge in [-0.2, -0.15) is 0 Å². The Hall–Kier alpha value is -4.14. The van der Waals surface area contributed by atoms with E-state index in [4.69, 9.17) is 4.74 Å². The molecule has 0 bridgehead atoms. The maximum atomic E-state index is 12.8. The van der Waals surface area contributed by atoms with Crippen molar-refractivity contribution < 1.29 is 24.2 Å². The first kappa shape index (κ1) is 23.0. The number of aliphatic carboxylic acids is 1. The number of hydrogen-bond acceptors (Lipinski definition) is 5. The van der Waals surface area contributed by atoms with Crippen molar-refractivity contribution in [2.24, 2.45) is 0 Å². The van der Waals surface area contributed by atoms with Gasteiger partial charge in [-0.3, -0.25) is 4.79 Å². The number of imidazole rings is 1. The van der Waals surface area contributed by atoms with Crippen molar-refractivity contribution >= 4 is 18.0 Å². The van der Waals surface area contributed by atoms with Crippen LogP contribution in [0.3, 0.4) is 0 Å². The predicted molar refractivity (Wildman–Crippen MR) is 124 cm³/mol. The number of aromatic amines is 1. The first-order valence-corrected chi connectivity index (χ1v) is 10.9. The number of nitrogens with one attached hydrogen (secondary N) is 3. The number of benzene rings is 2. The molecule has 1 aliphatic carbocycles. The van der Waals surface area contributed by atoms with Crippen LogP contribution in [0.1, 0.15) is 36.6 Å². The molecule has 176 valence electrons. The van der Waals surface area contributed by atoms with Gasteiger partial charge in [-0.25, -0.2) is 14.6 Å². The number of fused-ring (bicyclic) bond motifs is 3. The van der Waals surface area contributed by atoms with E-state index in [0.29, 0.717) is 5.69 Å². The smallest absolute Gasteiger partial charge is 0.407 e. The van der Waals surface area contributed by atoms with Gasteiger partial charge in [-0.15, -0.1) is 0 Å². The molecule has 0 spiro atoms. The summed E-state index contributed by atoms with van der Waals surface area (Å²) < 4.78 is 5.54. The molecular formula is C25H26N4O5. The van der Waals surface area contributed by atoms with Gasteiger partial charge < -0.3 is 25.5 Å².